The number of carbonyl (C=O) groups excluding carboxylic acids is 1. The minimum atomic E-state index is -0.420. The van der Waals surface area contributed by atoms with Gasteiger partial charge in [-0.1, -0.05) is 20.8 Å². The number of hydrogen-bond donors (Lipinski definition) is 3. The predicted octanol–water partition coefficient (Wildman–Crippen LogP) is 4.20. The summed E-state index contributed by atoms with van der Waals surface area (Å²) in [7, 11) is 0. The lowest BCUT2D eigenvalue weighted by Crippen LogP contribution is -2.62. The molecule has 174 valence electrons. The lowest BCUT2D eigenvalue weighted by Gasteiger charge is -2.63. The van der Waals surface area contributed by atoms with Crippen LogP contribution in [0.2, 0.25) is 0 Å². The van der Waals surface area contributed by atoms with E-state index in [1.807, 2.05) is 0 Å². The second-order valence-corrected chi connectivity index (χ2v) is 11.6. The Morgan fingerprint density at radius 3 is 2.58 bits per heavy atom. The summed E-state index contributed by atoms with van der Waals surface area (Å²) in [6.07, 6.45) is 5.92. The number of aliphatic hydroxyl groups is 3. The average Bonchev–Trinajstić information content (AvgIpc) is 3.07. The summed E-state index contributed by atoms with van der Waals surface area (Å²) >= 11 is 0. The molecule has 4 saturated carbocycles. The number of azide groups is 1. The third-order valence-electron chi connectivity index (χ3n) is 10.5. The molecule has 0 bridgehead atoms. The molecule has 0 radical (unpaired) electrons. The van der Waals surface area contributed by atoms with Crippen molar-refractivity contribution in [1.82, 2.24) is 0 Å². The van der Waals surface area contributed by atoms with E-state index in [-0.39, 0.29) is 47.2 Å². The van der Waals surface area contributed by atoms with Gasteiger partial charge < -0.3 is 15.3 Å². The SMILES string of the molecule is C[C@H](CCC(=O)N=[N+]=[N-])[C@H]1CC[C@H]2[C@@H]3[C@H](O)C[C@@H]4C[C@H](O)CC[C@]4(C)[C@H]3C[C@H](O)[C@]12C. The Balaban J connectivity index is 1.56. The van der Waals surface area contributed by atoms with Gasteiger partial charge in [0.15, 0.2) is 0 Å². The molecule has 4 aliphatic carbocycles. The molecule has 1 amide bonds. The minimum absolute atomic E-state index is 0.0802. The first kappa shape index (κ1) is 23.0. The molecule has 0 aromatic rings. The molecule has 0 saturated heterocycles. The fourth-order valence-corrected chi connectivity index (χ4v) is 8.78. The molecular weight excluding hydrogens is 394 g/mol. The molecule has 31 heavy (non-hydrogen) atoms. The normalized spacial score (nSPS) is 49.9. The van der Waals surface area contributed by atoms with Crippen LogP contribution >= 0.6 is 0 Å². The molecule has 3 N–H and O–H groups in total. The van der Waals surface area contributed by atoms with Gasteiger partial charge >= 0.3 is 0 Å². The quantitative estimate of drug-likeness (QED) is 0.349. The monoisotopic (exact) mass is 433 g/mol. The fraction of sp³-hybridized carbons (Fsp3) is 0.958. The molecule has 4 fully saturated rings. The fourth-order valence-electron chi connectivity index (χ4n) is 8.78. The van der Waals surface area contributed by atoms with Gasteiger partial charge in [-0.2, -0.15) is 0 Å². The Morgan fingerprint density at radius 1 is 1.13 bits per heavy atom. The summed E-state index contributed by atoms with van der Waals surface area (Å²) in [5.41, 5.74) is 8.28. The Hall–Kier alpha value is -1.14. The van der Waals surface area contributed by atoms with Gasteiger partial charge in [-0.05, 0) is 108 Å². The van der Waals surface area contributed by atoms with Crippen LogP contribution in [0.1, 0.15) is 78.6 Å². The van der Waals surface area contributed by atoms with Gasteiger partial charge in [0.05, 0.1) is 18.3 Å². The van der Waals surface area contributed by atoms with Crippen molar-refractivity contribution >= 4 is 5.91 Å². The molecule has 7 nitrogen and oxygen atoms in total. The van der Waals surface area contributed by atoms with Crippen molar-refractivity contribution in [1.29, 1.82) is 0 Å². The highest BCUT2D eigenvalue weighted by atomic mass is 16.3. The second kappa shape index (κ2) is 8.33. The Bertz CT molecular complexity index is 755. The number of aliphatic hydroxyl groups excluding tert-OH is 3. The van der Waals surface area contributed by atoms with Crippen LogP contribution in [0.5, 0.6) is 0 Å². The van der Waals surface area contributed by atoms with Crippen LogP contribution in [0.4, 0.5) is 0 Å². The molecule has 0 aromatic heterocycles. The van der Waals surface area contributed by atoms with Crippen LogP contribution in [-0.2, 0) is 4.79 Å². The lowest BCUT2D eigenvalue weighted by molar-refractivity contribution is -0.207. The van der Waals surface area contributed by atoms with Gasteiger partial charge in [0.25, 0.3) is 0 Å². The first-order chi connectivity index (χ1) is 14.6. The van der Waals surface area contributed by atoms with Crippen LogP contribution < -0.4 is 0 Å². The van der Waals surface area contributed by atoms with Crippen molar-refractivity contribution in [2.45, 2.75) is 96.9 Å². The molecule has 0 heterocycles. The van der Waals surface area contributed by atoms with Gasteiger partial charge in [-0.25, -0.2) is 0 Å². The van der Waals surface area contributed by atoms with Crippen LogP contribution in [0.15, 0.2) is 5.11 Å². The number of rotatable bonds is 4. The third kappa shape index (κ3) is 3.62. The Kier molecular flexibility index (Phi) is 6.19. The first-order valence-electron chi connectivity index (χ1n) is 12.2. The molecule has 4 aliphatic rings. The van der Waals surface area contributed by atoms with Crippen LogP contribution in [0, 0.1) is 46.3 Å². The maximum absolute atomic E-state index is 11.7. The van der Waals surface area contributed by atoms with E-state index in [1.54, 1.807) is 0 Å². The van der Waals surface area contributed by atoms with Crippen molar-refractivity contribution < 1.29 is 20.1 Å². The Morgan fingerprint density at radius 2 is 1.87 bits per heavy atom. The van der Waals surface area contributed by atoms with Crippen molar-refractivity contribution in [2.24, 2.45) is 51.5 Å². The molecule has 4 rings (SSSR count). The number of carbonyl (C=O) groups is 1. The summed E-state index contributed by atoms with van der Waals surface area (Å²) < 4.78 is 0. The molecule has 7 heteroatoms. The van der Waals surface area contributed by atoms with Gasteiger partial charge in [-0.3, -0.25) is 4.79 Å². The zero-order valence-electron chi connectivity index (χ0n) is 19.2. The highest BCUT2D eigenvalue weighted by molar-refractivity contribution is 5.76. The standard InChI is InChI=1S/C24H39N3O4/c1-13(4-7-21(31)26-27-25)16-5-6-17-22-18(12-20(30)24(16,17)3)23(2)9-8-15(28)10-14(23)11-19(22)29/h13-20,22,28-30H,4-12H2,1-3H3/t13-,14+,15-,16-,17+,18+,19-,20+,22+,23+,24-/m1/s1. The smallest absolute Gasteiger partial charge is 0.218 e. The van der Waals surface area contributed by atoms with Crippen LogP contribution in [-0.4, -0.2) is 39.5 Å². The second-order valence-electron chi connectivity index (χ2n) is 11.6. The van der Waals surface area contributed by atoms with Gasteiger partial charge in [0, 0.05) is 11.3 Å². The van der Waals surface area contributed by atoms with Crippen molar-refractivity contribution in [3.8, 4) is 0 Å². The van der Waals surface area contributed by atoms with Crippen LogP contribution in [0.25, 0.3) is 10.4 Å². The molecular formula is C24H39N3O4. The molecule has 0 aliphatic heterocycles. The number of hydrogen-bond acceptors (Lipinski definition) is 4. The zero-order valence-corrected chi connectivity index (χ0v) is 19.2. The molecule has 11 atom stereocenters. The van der Waals surface area contributed by atoms with E-state index in [0.29, 0.717) is 24.2 Å². The van der Waals surface area contributed by atoms with Gasteiger partial charge in [0.2, 0.25) is 5.91 Å². The highest BCUT2D eigenvalue weighted by Crippen LogP contribution is 2.68. The first-order valence-corrected chi connectivity index (χ1v) is 12.2. The maximum atomic E-state index is 11.7. The van der Waals surface area contributed by atoms with Gasteiger partial charge in [0.1, 0.15) is 0 Å². The maximum Gasteiger partial charge on any atom is 0.218 e. The van der Waals surface area contributed by atoms with Gasteiger partial charge in [-0.15, -0.1) is 0 Å². The average molecular weight is 434 g/mol. The van der Waals surface area contributed by atoms with E-state index in [4.69, 9.17) is 5.53 Å². The van der Waals surface area contributed by atoms with E-state index in [2.05, 4.69) is 30.8 Å². The van der Waals surface area contributed by atoms with Crippen molar-refractivity contribution in [3.05, 3.63) is 10.4 Å². The van der Waals surface area contributed by atoms with E-state index in [9.17, 15) is 20.1 Å². The molecule has 0 unspecified atom stereocenters. The van der Waals surface area contributed by atoms with E-state index in [0.717, 1.165) is 44.9 Å². The minimum Gasteiger partial charge on any atom is -0.393 e. The van der Waals surface area contributed by atoms with E-state index < -0.39 is 12.0 Å². The predicted molar refractivity (Wildman–Crippen MR) is 117 cm³/mol. The number of fused-ring (bicyclic) bond motifs is 5. The zero-order chi connectivity index (χ0) is 22.6. The van der Waals surface area contributed by atoms with Crippen molar-refractivity contribution in [2.75, 3.05) is 0 Å². The summed E-state index contributed by atoms with van der Waals surface area (Å²) in [6.45, 7) is 6.71. The van der Waals surface area contributed by atoms with E-state index >= 15 is 0 Å². The number of amides is 1. The Labute approximate surface area is 185 Å². The van der Waals surface area contributed by atoms with Crippen LogP contribution in [0.3, 0.4) is 0 Å². The summed E-state index contributed by atoms with van der Waals surface area (Å²) in [5, 5.41) is 36.3. The summed E-state index contributed by atoms with van der Waals surface area (Å²) in [5.74, 6) is 1.22. The lowest BCUT2D eigenvalue weighted by atomic mass is 9.43. The molecule has 0 spiro atoms. The topological polar surface area (TPSA) is 127 Å². The van der Waals surface area contributed by atoms with E-state index in [1.165, 1.54) is 0 Å². The summed E-state index contributed by atoms with van der Waals surface area (Å²) in [6, 6.07) is 0. The molecule has 0 aromatic carbocycles. The highest BCUT2D eigenvalue weighted by Gasteiger charge is 2.65. The third-order valence-corrected chi connectivity index (χ3v) is 10.5. The largest absolute Gasteiger partial charge is 0.393 e. The van der Waals surface area contributed by atoms with Crippen molar-refractivity contribution in [3.63, 3.8) is 0 Å². The number of nitrogens with zero attached hydrogens (tertiary/aromatic N) is 3. The summed E-state index contributed by atoms with van der Waals surface area (Å²) in [4.78, 5) is 14.3.